The zero-order valence-corrected chi connectivity index (χ0v) is 11.4. The third-order valence-electron chi connectivity index (χ3n) is 3.12. The van der Waals surface area contributed by atoms with Crippen LogP contribution in [0.25, 0.3) is 0 Å². The van der Waals surface area contributed by atoms with Gasteiger partial charge in [0.2, 0.25) is 0 Å². The van der Waals surface area contributed by atoms with Crippen LogP contribution in [0.3, 0.4) is 0 Å². The van der Waals surface area contributed by atoms with Crippen molar-refractivity contribution in [2.24, 2.45) is 5.41 Å². The zero-order valence-electron chi connectivity index (χ0n) is 11.4. The fraction of sp³-hybridized carbons (Fsp3) is 0.500. The molecule has 5 heteroatoms. The minimum Gasteiger partial charge on any atom is -0.349 e. The molecule has 0 saturated carbocycles. The maximum absolute atomic E-state index is 12.8. The SMILES string of the molecule is CC(NC(=O)c1ccccc1C(F)(F)F)C(C)(C)C. The lowest BCUT2D eigenvalue weighted by Crippen LogP contribution is -2.42. The monoisotopic (exact) mass is 273 g/mol. The van der Waals surface area contributed by atoms with Crippen LogP contribution in [0, 0.1) is 5.41 Å². The predicted molar refractivity (Wildman–Crippen MR) is 67.8 cm³/mol. The van der Waals surface area contributed by atoms with Crippen LogP contribution in [-0.2, 0) is 6.18 Å². The van der Waals surface area contributed by atoms with E-state index in [0.717, 1.165) is 6.07 Å². The molecule has 0 radical (unpaired) electrons. The van der Waals surface area contributed by atoms with Crippen LogP contribution in [0.1, 0.15) is 43.6 Å². The van der Waals surface area contributed by atoms with Crippen molar-refractivity contribution in [1.29, 1.82) is 0 Å². The molecule has 1 atom stereocenters. The molecule has 0 saturated heterocycles. The number of alkyl halides is 3. The van der Waals surface area contributed by atoms with Crippen LogP contribution in [0.4, 0.5) is 13.2 Å². The molecule has 1 N–H and O–H groups in total. The topological polar surface area (TPSA) is 29.1 Å². The normalized spacial score (nSPS) is 14.1. The second kappa shape index (κ2) is 5.23. The van der Waals surface area contributed by atoms with E-state index in [9.17, 15) is 18.0 Å². The summed E-state index contributed by atoms with van der Waals surface area (Å²) in [7, 11) is 0. The summed E-state index contributed by atoms with van der Waals surface area (Å²) < 4.78 is 38.4. The molecular weight excluding hydrogens is 255 g/mol. The first-order valence-corrected chi connectivity index (χ1v) is 6.00. The molecule has 0 spiro atoms. The Bertz CT molecular complexity index is 460. The Kier molecular flexibility index (Phi) is 4.28. The summed E-state index contributed by atoms with van der Waals surface area (Å²) in [6.45, 7) is 7.50. The maximum Gasteiger partial charge on any atom is 0.417 e. The highest BCUT2D eigenvalue weighted by molar-refractivity contribution is 5.96. The van der Waals surface area contributed by atoms with Crippen molar-refractivity contribution < 1.29 is 18.0 Å². The van der Waals surface area contributed by atoms with E-state index in [2.05, 4.69) is 5.32 Å². The molecule has 1 aromatic rings. The Hall–Kier alpha value is -1.52. The number of hydrogen-bond donors (Lipinski definition) is 1. The first-order chi connectivity index (χ1) is 8.53. The van der Waals surface area contributed by atoms with Gasteiger partial charge < -0.3 is 5.32 Å². The molecule has 0 fully saturated rings. The predicted octanol–water partition coefficient (Wildman–Crippen LogP) is 3.87. The summed E-state index contributed by atoms with van der Waals surface area (Å²) in [5.41, 5.74) is -1.47. The van der Waals surface area contributed by atoms with Crippen LogP contribution in [0.2, 0.25) is 0 Å². The Labute approximate surface area is 111 Å². The average Bonchev–Trinajstić information content (AvgIpc) is 2.26. The zero-order chi connectivity index (χ0) is 14.8. The van der Waals surface area contributed by atoms with Gasteiger partial charge in [0.1, 0.15) is 0 Å². The second-order valence-corrected chi connectivity index (χ2v) is 5.60. The van der Waals surface area contributed by atoms with E-state index in [-0.39, 0.29) is 17.0 Å². The number of carbonyl (C=O) groups excluding carboxylic acids is 1. The van der Waals surface area contributed by atoms with Crippen LogP contribution < -0.4 is 5.32 Å². The molecule has 106 valence electrons. The van der Waals surface area contributed by atoms with Crippen LogP contribution in [0.15, 0.2) is 24.3 Å². The minimum absolute atomic E-state index is 0.219. The number of carbonyl (C=O) groups is 1. The summed E-state index contributed by atoms with van der Waals surface area (Å²) in [6.07, 6.45) is -4.53. The van der Waals surface area contributed by atoms with E-state index in [0.29, 0.717) is 0 Å². The van der Waals surface area contributed by atoms with Crippen molar-refractivity contribution in [3.63, 3.8) is 0 Å². The highest BCUT2D eigenvalue weighted by atomic mass is 19.4. The van der Waals surface area contributed by atoms with Crippen molar-refractivity contribution in [3.05, 3.63) is 35.4 Å². The fourth-order valence-electron chi connectivity index (χ4n) is 1.42. The summed E-state index contributed by atoms with van der Waals surface area (Å²) in [4.78, 5) is 12.0. The second-order valence-electron chi connectivity index (χ2n) is 5.60. The van der Waals surface area contributed by atoms with Gasteiger partial charge in [-0.1, -0.05) is 32.9 Å². The lowest BCUT2D eigenvalue weighted by molar-refractivity contribution is -0.137. The van der Waals surface area contributed by atoms with Crippen molar-refractivity contribution >= 4 is 5.91 Å². The lowest BCUT2D eigenvalue weighted by Gasteiger charge is -2.28. The largest absolute Gasteiger partial charge is 0.417 e. The number of halogens is 3. The average molecular weight is 273 g/mol. The number of benzene rings is 1. The van der Waals surface area contributed by atoms with Crippen molar-refractivity contribution in [3.8, 4) is 0 Å². The molecule has 0 aromatic heterocycles. The standard InChI is InChI=1S/C14H18F3NO/c1-9(13(2,3)4)18-12(19)10-7-5-6-8-11(10)14(15,16)17/h5-9H,1-4H3,(H,18,19). The van der Waals surface area contributed by atoms with Gasteiger partial charge in [0.25, 0.3) is 5.91 Å². The number of rotatable bonds is 2. The van der Waals surface area contributed by atoms with Gasteiger partial charge in [0, 0.05) is 6.04 Å². The van der Waals surface area contributed by atoms with E-state index in [4.69, 9.17) is 0 Å². The third-order valence-corrected chi connectivity index (χ3v) is 3.12. The minimum atomic E-state index is -4.53. The summed E-state index contributed by atoms with van der Waals surface area (Å²) in [6, 6.07) is 4.56. The molecule has 2 nitrogen and oxygen atoms in total. The summed E-state index contributed by atoms with van der Waals surface area (Å²) >= 11 is 0. The van der Waals surface area contributed by atoms with E-state index >= 15 is 0 Å². The van der Waals surface area contributed by atoms with E-state index < -0.39 is 17.6 Å². The molecule has 0 aliphatic carbocycles. The first-order valence-electron chi connectivity index (χ1n) is 6.00. The van der Waals surface area contributed by atoms with Crippen LogP contribution in [0.5, 0.6) is 0 Å². The Morgan fingerprint density at radius 2 is 1.68 bits per heavy atom. The highest BCUT2D eigenvalue weighted by Gasteiger charge is 2.35. The van der Waals surface area contributed by atoms with Gasteiger partial charge >= 0.3 is 6.18 Å². The molecule has 0 aliphatic rings. The van der Waals surface area contributed by atoms with Crippen molar-refractivity contribution in [1.82, 2.24) is 5.32 Å². The number of hydrogen-bond acceptors (Lipinski definition) is 1. The van der Waals surface area contributed by atoms with Crippen molar-refractivity contribution in [2.45, 2.75) is 39.9 Å². The molecule has 0 heterocycles. The molecule has 0 aliphatic heterocycles. The van der Waals surface area contributed by atoms with Gasteiger partial charge in [-0.2, -0.15) is 13.2 Å². The molecule has 1 amide bonds. The maximum atomic E-state index is 12.8. The van der Waals surface area contributed by atoms with Gasteiger partial charge in [-0.25, -0.2) is 0 Å². The Morgan fingerprint density at radius 3 is 2.16 bits per heavy atom. The third kappa shape index (κ3) is 3.98. The molecule has 19 heavy (non-hydrogen) atoms. The van der Waals surface area contributed by atoms with Gasteiger partial charge in [0.15, 0.2) is 0 Å². The highest BCUT2D eigenvalue weighted by Crippen LogP contribution is 2.32. The smallest absolute Gasteiger partial charge is 0.349 e. The van der Waals surface area contributed by atoms with Gasteiger partial charge in [-0.3, -0.25) is 4.79 Å². The molecule has 1 rings (SSSR count). The van der Waals surface area contributed by atoms with Gasteiger partial charge in [0.05, 0.1) is 11.1 Å². The molecular formula is C14H18F3NO. The van der Waals surface area contributed by atoms with E-state index in [1.165, 1.54) is 18.2 Å². The van der Waals surface area contributed by atoms with Crippen molar-refractivity contribution in [2.75, 3.05) is 0 Å². The van der Waals surface area contributed by atoms with Gasteiger partial charge in [-0.15, -0.1) is 0 Å². The Morgan fingerprint density at radius 1 is 1.16 bits per heavy atom. The number of amides is 1. The lowest BCUT2D eigenvalue weighted by atomic mass is 9.88. The summed E-state index contributed by atoms with van der Waals surface area (Å²) in [5.74, 6) is -0.699. The quantitative estimate of drug-likeness (QED) is 0.870. The molecule has 1 aromatic carbocycles. The van der Waals surface area contributed by atoms with Crippen LogP contribution in [-0.4, -0.2) is 11.9 Å². The van der Waals surface area contributed by atoms with Gasteiger partial charge in [-0.05, 0) is 24.5 Å². The summed E-state index contributed by atoms with van der Waals surface area (Å²) in [5, 5.41) is 2.61. The fourth-order valence-corrected chi connectivity index (χ4v) is 1.42. The van der Waals surface area contributed by atoms with E-state index in [1.807, 2.05) is 20.8 Å². The van der Waals surface area contributed by atoms with E-state index in [1.54, 1.807) is 6.92 Å². The Balaban J connectivity index is 3.02. The number of nitrogens with one attached hydrogen (secondary N) is 1. The first kappa shape index (κ1) is 15.5. The molecule has 1 unspecified atom stereocenters. The molecule has 0 bridgehead atoms. The van der Waals surface area contributed by atoms with Crippen LogP contribution >= 0.6 is 0 Å².